The van der Waals surface area contributed by atoms with Crippen LogP contribution in [-0.4, -0.2) is 12.9 Å². The van der Waals surface area contributed by atoms with Gasteiger partial charge in [-0.05, 0) is 55.0 Å². The number of methoxy groups -OCH3 is 1. The van der Waals surface area contributed by atoms with Gasteiger partial charge in [0.15, 0.2) is 0 Å². The third-order valence-corrected chi connectivity index (χ3v) is 4.09. The summed E-state index contributed by atoms with van der Waals surface area (Å²) in [6, 6.07) is 5.68. The van der Waals surface area contributed by atoms with Crippen molar-refractivity contribution in [2.75, 3.05) is 7.11 Å². The van der Waals surface area contributed by atoms with E-state index in [9.17, 15) is 4.79 Å². The molecular weight excluding hydrogens is 244 g/mol. The van der Waals surface area contributed by atoms with E-state index in [0.717, 1.165) is 32.9 Å². The standard InChI is InChI=1S/C15H16O2S/c1-9-8-12(10(2)11(3)15(9)17-4)14(16)13-6-5-7-18-13/h5-8H,1-4H3. The smallest absolute Gasteiger partial charge is 0.203 e. The van der Waals surface area contributed by atoms with Gasteiger partial charge >= 0.3 is 0 Å². The third kappa shape index (κ3) is 2.06. The van der Waals surface area contributed by atoms with Gasteiger partial charge in [-0.2, -0.15) is 0 Å². The van der Waals surface area contributed by atoms with E-state index in [4.69, 9.17) is 4.74 Å². The van der Waals surface area contributed by atoms with Crippen molar-refractivity contribution in [3.63, 3.8) is 0 Å². The van der Waals surface area contributed by atoms with E-state index >= 15 is 0 Å². The van der Waals surface area contributed by atoms with Crippen LogP contribution in [0.25, 0.3) is 0 Å². The Bertz CT molecular complexity index is 583. The van der Waals surface area contributed by atoms with Gasteiger partial charge in [0.25, 0.3) is 0 Å². The summed E-state index contributed by atoms with van der Waals surface area (Å²) in [5.74, 6) is 0.964. The summed E-state index contributed by atoms with van der Waals surface area (Å²) in [6.45, 7) is 5.93. The lowest BCUT2D eigenvalue weighted by Crippen LogP contribution is -2.05. The molecule has 2 nitrogen and oxygen atoms in total. The van der Waals surface area contributed by atoms with Crippen molar-refractivity contribution in [3.8, 4) is 5.75 Å². The monoisotopic (exact) mass is 260 g/mol. The zero-order valence-electron chi connectivity index (χ0n) is 11.0. The SMILES string of the molecule is COc1c(C)cc(C(=O)c2cccs2)c(C)c1C. The lowest BCUT2D eigenvalue weighted by atomic mass is 9.95. The Morgan fingerprint density at radius 1 is 1.22 bits per heavy atom. The Labute approximate surface area is 111 Å². The average molecular weight is 260 g/mol. The highest BCUT2D eigenvalue weighted by Gasteiger charge is 2.17. The maximum absolute atomic E-state index is 12.4. The van der Waals surface area contributed by atoms with Crippen molar-refractivity contribution in [2.45, 2.75) is 20.8 Å². The van der Waals surface area contributed by atoms with Gasteiger partial charge in [0.1, 0.15) is 5.75 Å². The fourth-order valence-electron chi connectivity index (χ4n) is 2.15. The molecule has 0 atom stereocenters. The van der Waals surface area contributed by atoms with E-state index in [1.165, 1.54) is 11.3 Å². The van der Waals surface area contributed by atoms with Crippen LogP contribution in [0.4, 0.5) is 0 Å². The summed E-state index contributed by atoms with van der Waals surface area (Å²) in [5, 5.41) is 1.92. The van der Waals surface area contributed by atoms with Crippen molar-refractivity contribution in [1.82, 2.24) is 0 Å². The molecule has 0 aliphatic rings. The lowest BCUT2D eigenvalue weighted by Gasteiger charge is -2.14. The summed E-state index contributed by atoms with van der Waals surface area (Å²) in [6.07, 6.45) is 0. The molecule has 0 aliphatic heterocycles. The number of benzene rings is 1. The third-order valence-electron chi connectivity index (χ3n) is 3.22. The zero-order chi connectivity index (χ0) is 13.3. The Morgan fingerprint density at radius 2 is 1.94 bits per heavy atom. The first-order valence-corrected chi connectivity index (χ1v) is 6.67. The van der Waals surface area contributed by atoms with Crippen LogP contribution in [0.2, 0.25) is 0 Å². The van der Waals surface area contributed by atoms with Crippen LogP contribution in [0.3, 0.4) is 0 Å². The molecule has 1 aromatic heterocycles. The topological polar surface area (TPSA) is 26.3 Å². The maximum atomic E-state index is 12.4. The largest absolute Gasteiger partial charge is 0.496 e. The molecule has 0 radical (unpaired) electrons. The van der Waals surface area contributed by atoms with Crippen molar-refractivity contribution < 1.29 is 9.53 Å². The molecule has 1 heterocycles. The number of ketones is 1. The van der Waals surface area contributed by atoms with Gasteiger partial charge in [0.05, 0.1) is 12.0 Å². The molecule has 0 spiro atoms. The van der Waals surface area contributed by atoms with Crippen molar-refractivity contribution >= 4 is 17.1 Å². The molecule has 0 bridgehead atoms. The minimum Gasteiger partial charge on any atom is -0.496 e. The van der Waals surface area contributed by atoms with Gasteiger partial charge in [-0.3, -0.25) is 4.79 Å². The van der Waals surface area contributed by atoms with Gasteiger partial charge < -0.3 is 4.74 Å². The molecule has 0 saturated carbocycles. The zero-order valence-corrected chi connectivity index (χ0v) is 11.9. The molecule has 94 valence electrons. The number of carbonyl (C=O) groups is 1. The quantitative estimate of drug-likeness (QED) is 0.782. The van der Waals surface area contributed by atoms with Crippen LogP contribution in [0.5, 0.6) is 5.75 Å². The molecule has 0 fully saturated rings. The fraction of sp³-hybridized carbons (Fsp3) is 0.267. The number of aryl methyl sites for hydroxylation is 1. The van der Waals surface area contributed by atoms with Gasteiger partial charge in [-0.15, -0.1) is 11.3 Å². The van der Waals surface area contributed by atoms with E-state index in [2.05, 4.69) is 0 Å². The Kier molecular flexibility index (Phi) is 3.53. The van der Waals surface area contributed by atoms with E-state index in [1.807, 2.05) is 44.4 Å². The normalized spacial score (nSPS) is 10.4. The second kappa shape index (κ2) is 4.94. The first kappa shape index (κ1) is 12.8. The summed E-state index contributed by atoms with van der Waals surface area (Å²) in [5.41, 5.74) is 3.81. The number of hydrogen-bond acceptors (Lipinski definition) is 3. The number of thiophene rings is 1. The molecule has 0 aliphatic carbocycles. The first-order chi connectivity index (χ1) is 8.56. The minimum atomic E-state index is 0.0938. The van der Waals surface area contributed by atoms with Crippen molar-refractivity contribution in [2.24, 2.45) is 0 Å². The molecular formula is C15H16O2S. The number of rotatable bonds is 3. The highest BCUT2D eigenvalue weighted by atomic mass is 32.1. The summed E-state index contributed by atoms with van der Waals surface area (Å²) < 4.78 is 5.37. The van der Waals surface area contributed by atoms with Gasteiger partial charge in [0.2, 0.25) is 5.78 Å². The molecule has 2 rings (SSSR count). The predicted molar refractivity (Wildman–Crippen MR) is 75.0 cm³/mol. The highest BCUT2D eigenvalue weighted by Crippen LogP contribution is 2.30. The van der Waals surface area contributed by atoms with E-state index in [0.29, 0.717) is 0 Å². The van der Waals surface area contributed by atoms with Crippen LogP contribution in [-0.2, 0) is 0 Å². The molecule has 0 N–H and O–H groups in total. The number of carbonyl (C=O) groups excluding carboxylic acids is 1. The lowest BCUT2D eigenvalue weighted by molar-refractivity contribution is 0.104. The molecule has 0 saturated heterocycles. The van der Waals surface area contributed by atoms with Crippen LogP contribution in [0.15, 0.2) is 23.6 Å². The summed E-state index contributed by atoms with van der Waals surface area (Å²) in [7, 11) is 1.66. The summed E-state index contributed by atoms with van der Waals surface area (Å²) in [4.78, 5) is 13.2. The minimum absolute atomic E-state index is 0.0938. The fourth-order valence-corrected chi connectivity index (χ4v) is 2.83. The number of hydrogen-bond donors (Lipinski definition) is 0. The van der Waals surface area contributed by atoms with Crippen LogP contribution < -0.4 is 4.74 Å². The second-order valence-corrected chi connectivity index (χ2v) is 5.28. The Morgan fingerprint density at radius 3 is 2.50 bits per heavy atom. The van der Waals surface area contributed by atoms with Crippen molar-refractivity contribution in [3.05, 3.63) is 50.7 Å². The van der Waals surface area contributed by atoms with E-state index in [-0.39, 0.29) is 5.78 Å². The molecule has 18 heavy (non-hydrogen) atoms. The molecule has 0 unspecified atom stereocenters. The Balaban J connectivity index is 2.56. The van der Waals surface area contributed by atoms with Crippen molar-refractivity contribution in [1.29, 1.82) is 0 Å². The Hall–Kier alpha value is -1.61. The summed E-state index contributed by atoms with van der Waals surface area (Å²) >= 11 is 1.48. The van der Waals surface area contributed by atoms with Crippen LogP contribution in [0, 0.1) is 20.8 Å². The second-order valence-electron chi connectivity index (χ2n) is 4.33. The van der Waals surface area contributed by atoms with Crippen LogP contribution >= 0.6 is 11.3 Å². The van der Waals surface area contributed by atoms with Gasteiger partial charge in [0, 0.05) is 5.56 Å². The molecule has 3 heteroatoms. The highest BCUT2D eigenvalue weighted by molar-refractivity contribution is 7.12. The van der Waals surface area contributed by atoms with Crippen LogP contribution in [0.1, 0.15) is 31.9 Å². The number of ether oxygens (including phenoxy) is 1. The molecule has 1 aromatic carbocycles. The molecule has 2 aromatic rings. The molecule has 0 amide bonds. The predicted octanol–water partition coefficient (Wildman–Crippen LogP) is 3.91. The van der Waals surface area contributed by atoms with Gasteiger partial charge in [-0.1, -0.05) is 6.07 Å². The maximum Gasteiger partial charge on any atom is 0.203 e. The first-order valence-electron chi connectivity index (χ1n) is 5.79. The van der Waals surface area contributed by atoms with E-state index < -0.39 is 0 Å². The van der Waals surface area contributed by atoms with Gasteiger partial charge in [-0.25, -0.2) is 0 Å². The average Bonchev–Trinajstić information content (AvgIpc) is 2.87. The van der Waals surface area contributed by atoms with E-state index in [1.54, 1.807) is 7.11 Å².